The van der Waals surface area contributed by atoms with Gasteiger partial charge in [-0.1, -0.05) is 6.07 Å². The van der Waals surface area contributed by atoms with Crippen LogP contribution in [0.1, 0.15) is 18.5 Å². The summed E-state index contributed by atoms with van der Waals surface area (Å²) >= 11 is 0. The molecule has 7 heteroatoms. The van der Waals surface area contributed by atoms with Gasteiger partial charge >= 0.3 is 6.09 Å². The number of amides is 1. The molecule has 2 saturated heterocycles. The first kappa shape index (κ1) is 17.1. The average molecular weight is 339 g/mol. The van der Waals surface area contributed by atoms with Gasteiger partial charge in [0.1, 0.15) is 18.2 Å². The molecule has 3 rings (SSSR count). The lowest BCUT2D eigenvalue weighted by Crippen LogP contribution is -2.49. The van der Waals surface area contributed by atoms with Crippen molar-refractivity contribution in [3.05, 3.63) is 35.4 Å². The summed E-state index contributed by atoms with van der Waals surface area (Å²) in [4.78, 5) is 17.6. The summed E-state index contributed by atoms with van der Waals surface area (Å²) in [5.41, 5.74) is 0.532. The van der Waals surface area contributed by atoms with Crippen LogP contribution in [0.4, 0.5) is 13.6 Å². The summed E-state index contributed by atoms with van der Waals surface area (Å²) in [6.07, 6.45) is -0.228. The monoisotopic (exact) mass is 339 g/mol. The number of nitrogens with zero attached hydrogens (tertiary/aromatic N) is 3. The Bertz CT molecular complexity index is 591. The van der Waals surface area contributed by atoms with Gasteiger partial charge in [0.2, 0.25) is 0 Å². The largest absolute Gasteiger partial charge is 0.448 e. The lowest BCUT2D eigenvalue weighted by molar-refractivity contribution is 0.0946. The normalized spacial score (nSPS) is 21.1. The maximum Gasteiger partial charge on any atom is 0.409 e. The third-order valence-electron chi connectivity index (χ3n) is 4.90. The van der Waals surface area contributed by atoms with Crippen molar-refractivity contribution in [3.8, 4) is 0 Å². The van der Waals surface area contributed by atoms with E-state index >= 15 is 0 Å². The quantitative estimate of drug-likeness (QED) is 0.823. The standard InChI is InChI=1S/C17H23F2N3O2/c1-13(15-3-2-14(18)12-16(15)19)21-7-4-20(5-8-21)6-9-22-10-11-24-17(22)23/h2-3,12-13H,4-11H2,1H3. The van der Waals surface area contributed by atoms with Crippen LogP contribution in [0.3, 0.4) is 0 Å². The molecule has 1 amide bonds. The van der Waals surface area contributed by atoms with E-state index in [-0.39, 0.29) is 12.1 Å². The summed E-state index contributed by atoms with van der Waals surface area (Å²) in [5.74, 6) is -1.04. The molecule has 2 fully saturated rings. The van der Waals surface area contributed by atoms with Gasteiger partial charge in [-0.25, -0.2) is 13.6 Å². The van der Waals surface area contributed by atoms with Crippen molar-refractivity contribution in [3.63, 3.8) is 0 Å². The number of piperazine rings is 1. The average Bonchev–Trinajstić information content (AvgIpc) is 2.98. The molecule has 2 aliphatic rings. The zero-order valence-corrected chi connectivity index (χ0v) is 13.9. The highest BCUT2D eigenvalue weighted by Gasteiger charge is 2.26. The van der Waals surface area contributed by atoms with Crippen molar-refractivity contribution in [2.24, 2.45) is 0 Å². The smallest absolute Gasteiger partial charge is 0.409 e. The molecule has 2 heterocycles. The highest BCUT2D eigenvalue weighted by molar-refractivity contribution is 5.69. The number of carbonyl (C=O) groups excluding carboxylic acids is 1. The van der Waals surface area contributed by atoms with Crippen LogP contribution < -0.4 is 0 Å². The Kier molecular flexibility index (Phi) is 5.30. The molecule has 0 aliphatic carbocycles. The van der Waals surface area contributed by atoms with Gasteiger partial charge in [0.05, 0.1) is 6.54 Å². The Balaban J connectivity index is 1.48. The van der Waals surface area contributed by atoms with E-state index in [1.165, 1.54) is 12.1 Å². The number of carbonyl (C=O) groups is 1. The van der Waals surface area contributed by atoms with Crippen LogP contribution in [0.5, 0.6) is 0 Å². The molecule has 0 bridgehead atoms. The second kappa shape index (κ2) is 7.44. The molecule has 5 nitrogen and oxygen atoms in total. The first-order valence-corrected chi connectivity index (χ1v) is 8.37. The number of hydrogen-bond donors (Lipinski definition) is 0. The molecule has 132 valence electrons. The minimum Gasteiger partial charge on any atom is -0.448 e. The SMILES string of the molecule is CC(c1ccc(F)cc1F)N1CCN(CCN2CCOC2=O)CC1. The van der Waals surface area contributed by atoms with Crippen LogP contribution in [0.25, 0.3) is 0 Å². The van der Waals surface area contributed by atoms with E-state index in [1.54, 1.807) is 4.90 Å². The van der Waals surface area contributed by atoms with Gasteiger partial charge in [0, 0.05) is 56.9 Å². The second-order valence-electron chi connectivity index (χ2n) is 6.32. The topological polar surface area (TPSA) is 36.0 Å². The number of halogens is 2. The summed E-state index contributed by atoms with van der Waals surface area (Å²) in [7, 11) is 0. The minimum absolute atomic E-state index is 0.0821. The Morgan fingerprint density at radius 2 is 1.88 bits per heavy atom. The van der Waals surface area contributed by atoms with Gasteiger partial charge in [-0.3, -0.25) is 9.80 Å². The van der Waals surface area contributed by atoms with Gasteiger partial charge in [-0.2, -0.15) is 0 Å². The van der Waals surface area contributed by atoms with Crippen molar-refractivity contribution in [1.29, 1.82) is 0 Å². The zero-order valence-electron chi connectivity index (χ0n) is 13.9. The van der Waals surface area contributed by atoms with E-state index in [1.807, 2.05) is 6.92 Å². The van der Waals surface area contributed by atoms with Gasteiger partial charge in [-0.05, 0) is 13.0 Å². The van der Waals surface area contributed by atoms with Crippen molar-refractivity contribution in [2.75, 3.05) is 52.4 Å². The van der Waals surface area contributed by atoms with Crippen LogP contribution >= 0.6 is 0 Å². The summed E-state index contributed by atoms with van der Waals surface area (Å²) in [6, 6.07) is 3.69. The van der Waals surface area contributed by atoms with E-state index in [2.05, 4.69) is 9.80 Å². The Morgan fingerprint density at radius 1 is 1.12 bits per heavy atom. The molecular formula is C17H23F2N3O2. The van der Waals surface area contributed by atoms with Crippen LogP contribution in [0.2, 0.25) is 0 Å². The molecule has 24 heavy (non-hydrogen) atoms. The predicted octanol–water partition coefficient (Wildman–Crippen LogP) is 2.10. The Hall–Kier alpha value is -1.73. The molecule has 0 aromatic heterocycles. The Morgan fingerprint density at radius 3 is 2.50 bits per heavy atom. The van der Waals surface area contributed by atoms with Crippen LogP contribution in [-0.4, -0.2) is 73.2 Å². The molecule has 0 spiro atoms. The number of hydrogen-bond acceptors (Lipinski definition) is 4. The molecule has 1 atom stereocenters. The highest BCUT2D eigenvalue weighted by Crippen LogP contribution is 2.24. The van der Waals surface area contributed by atoms with Gasteiger partial charge < -0.3 is 9.64 Å². The van der Waals surface area contributed by atoms with Gasteiger partial charge in [0.25, 0.3) is 0 Å². The third kappa shape index (κ3) is 3.84. The van der Waals surface area contributed by atoms with Crippen molar-refractivity contribution in [1.82, 2.24) is 14.7 Å². The van der Waals surface area contributed by atoms with Crippen LogP contribution in [0, 0.1) is 11.6 Å². The zero-order chi connectivity index (χ0) is 17.1. The molecule has 0 radical (unpaired) electrons. The number of rotatable bonds is 5. The van der Waals surface area contributed by atoms with E-state index in [0.29, 0.717) is 25.3 Å². The number of benzene rings is 1. The fraction of sp³-hybridized carbons (Fsp3) is 0.588. The van der Waals surface area contributed by atoms with Crippen LogP contribution in [-0.2, 0) is 4.74 Å². The number of cyclic esters (lactones) is 1. The summed E-state index contributed by atoms with van der Waals surface area (Å²) < 4.78 is 31.9. The van der Waals surface area contributed by atoms with Crippen molar-refractivity contribution < 1.29 is 18.3 Å². The molecule has 1 aromatic rings. The highest BCUT2D eigenvalue weighted by atomic mass is 19.1. The molecule has 1 unspecified atom stereocenters. The first-order valence-electron chi connectivity index (χ1n) is 8.37. The van der Waals surface area contributed by atoms with Crippen LogP contribution in [0.15, 0.2) is 18.2 Å². The fourth-order valence-electron chi connectivity index (χ4n) is 3.30. The third-order valence-corrected chi connectivity index (χ3v) is 4.90. The lowest BCUT2D eigenvalue weighted by Gasteiger charge is -2.38. The molecule has 1 aromatic carbocycles. The van der Waals surface area contributed by atoms with E-state index < -0.39 is 11.6 Å². The maximum atomic E-state index is 13.9. The molecule has 2 aliphatic heterocycles. The molecular weight excluding hydrogens is 316 g/mol. The van der Waals surface area contributed by atoms with E-state index in [4.69, 9.17) is 4.74 Å². The second-order valence-corrected chi connectivity index (χ2v) is 6.32. The van der Waals surface area contributed by atoms with E-state index in [0.717, 1.165) is 38.8 Å². The minimum atomic E-state index is -0.547. The predicted molar refractivity (Wildman–Crippen MR) is 85.7 cm³/mol. The summed E-state index contributed by atoms with van der Waals surface area (Å²) in [5, 5.41) is 0. The van der Waals surface area contributed by atoms with Gasteiger partial charge in [-0.15, -0.1) is 0 Å². The van der Waals surface area contributed by atoms with Crippen molar-refractivity contribution in [2.45, 2.75) is 13.0 Å². The number of ether oxygens (including phenoxy) is 1. The fourth-order valence-corrected chi connectivity index (χ4v) is 3.30. The Labute approximate surface area is 140 Å². The van der Waals surface area contributed by atoms with Gasteiger partial charge in [0.15, 0.2) is 0 Å². The molecule has 0 saturated carbocycles. The lowest BCUT2D eigenvalue weighted by atomic mass is 10.1. The molecule has 0 N–H and O–H groups in total. The summed E-state index contributed by atoms with van der Waals surface area (Å²) in [6.45, 7) is 7.99. The van der Waals surface area contributed by atoms with E-state index in [9.17, 15) is 13.6 Å². The maximum absolute atomic E-state index is 13.9. The van der Waals surface area contributed by atoms with Crippen molar-refractivity contribution >= 4 is 6.09 Å². The first-order chi connectivity index (χ1) is 11.5.